The summed E-state index contributed by atoms with van der Waals surface area (Å²) < 4.78 is 43.5. The predicted octanol–water partition coefficient (Wildman–Crippen LogP) is 3.99. The van der Waals surface area contributed by atoms with Crippen molar-refractivity contribution in [3.05, 3.63) is 102 Å². The molecule has 8 nitrogen and oxygen atoms in total. The van der Waals surface area contributed by atoms with Gasteiger partial charge in [-0.2, -0.15) is 12.7 Å². The fraction of sp³-hybridized carbons (Fsp3) is 0.333. The highest BCUT2D eigenvalue weighted by atomic mass is 32.2. The third-order valence-electron chi connectivity index (χ3n) is 6.46. The van der Waals surface area contributed by atoms with Crippen molar-refractivity contribution in [2.24, 2.45) is 0 Å². The second kappa shape index (κ2) is 14.6. The van der Waals surface area contributed by atoms with Crippen molar-refractivity contribution in [3.63, 3.8) is 0 Å². The molecule has 0 heterocycles. The molecule has 0 fully saturated rings. The zero-order valence-electron chi connectivity index (χ0n) is 23.2. The summed E-state index contributed by atoms with van der Waals surface area (Å²) in [6, 6.07) is 22.5. The van der Waals surface area contributed by atoms with Crippen LogP contribution < -0.4 is 9.62 Å². The molecular formula is C30H37FN4O4S. The van der Waals surface area contributed by atoms with E-state index in [1.807, 2.05) is 37.3 Å². The van der Waals surface area contributed by atoms with E-state index in [0.717, 1.165) is 27.0 Å². The molecule has 40 heavy (non-hydrogen) atoms. The van der Waals surface area contributed by atoms with Gasteiger partial charge in [-0.15, -0.1) is 0 Å². The Morgan fingerprint density at radius 2 is 1.50 bits per heavy atom. The van der Waals surface area contributed by atoms with Gasteiger partial charge in [-0.3, -0.25) is 9.59 Å². The van der Waals surface area contributed by atoms with Crippen LogP contribution >= 0.6 is 0 Å². The molecule has 0 aliphatic rings. The maximum atomic E-state index is 14.8. The summed E-state index contributed by atoms with van der Waals surface area (Å²) in [5.74, 6) is -1.54. The molecule has 0 aliphatic heterocycles. The van der Waals surface area contributed by atoms with Crippen molar-refractivity contribution in [2.45, 2.75) is 38.8 Å². The smallest absolute Gasteiger partial charge is 0.304 e. The van der Waals surface area contributed by atoms with Gasteiger partial charge in [-0.1, -0.05) is 80.1 Å². The summed E-state index contributed by atoms with van der Waals surface area (Å²) in [5.41, 5.74) is 1.32. The van der Waals surface area contributed by atoms with Gasteiger partial charge in [-0.05, 0) is 30.2 Å². The summed E-state index contributed by atoms with van der Waals surface area (Å²) in [5, 5.41) is 2.91. The van der Waals surface area contributed by atoms with E-state index < -0.39 is 34.5 Å². The molecule has 10 heteroatoms. The number of anilines is 1. The van der Waals surface area contributed by atoms with Gasteiger partial charge in [0.05, 0.1) is 5.69 Å². The normalized spacial score (nSPS) is 12.1. The fourth-order valence-corrected chi connectivity index (χ4v) is 5.24. The Labute approximate surface area is 236 Å². The maximum Gasteiger partial charge on any atom is 0.304 e. The van der Waals surface area contributed by atoms with E-state index in [1.54, 1.807) is 48.5 Å². The zero-order valence-corrected chi connectivity index (χ0v) is 24.0. The lowest BCUT2D eigenvalue weighted by atomic mass is 10.0. The molecule has 3 aromatic carbocycles. The van der Waals surface area contributed by atoms with Crippen molar-refractivity contribution in [1.29, 1.82) is 0 Å². The Balaban J connectivity index is 2.06. The van der Waals surface area contributed by atoms with Crippen molar-refractivity contribution in [3.8, 4) is 0 Å². The number of carbonyl (C=O) groups excluding carboxylic acids is 2. The van der Waals surface area contributed by atoms with Crippen molar-refractivity contribution in [2.75, 3.05) is 31.5 Å². The molecular weight excluding hydrogens is 531 g/mol. The monoisotopic (exact) mass is 568 g/mol. The third-order valence-corrected chi connectivity index (χ3v) is 8.28. The number of rotatable bonds is 14. The number of halogens is 1. The molecule has 1 N–H and O–H groups in total. The Hall–Kier alpha value is -3.76. The van der Waals surface area contributed by atoms with E-state index in [4.69, 9.17) is 0 Å². The molecule has 0 spiro atoms. The van der Waals surface area contributed by atoms with Gasteiger partial charge in [0.1, 0.15) is 18.4 Å². The average Bonchev–Trinajstić information content (AvgIpc) is 2.95. The quantitative estimate of drug-likeness (QED) is 0.298. The topological polar surface area (TPSA) is 90.0 Å². The van der Waals surface area contributed by atoms with Gasteiger partial charge in [0, 0.05) is 39.2 Å². The highest BCUT2D eigenvalue weighted by Crippen LogP contribution is 2.22. The second-order valence-corrected chi connectivity index (χ2v) is 11.7. The molecule has 0 aromatic heterocycles. The Morgan fingerprint density at radius 3 is 2.10 bits per heavy atom. The summed E-state index contributed by atoms with van der Waals surface area (Å²) in [7, 11) is -1.32. The standard InChI is InChI=1S/C30H37FN4O4S/c1-4-5-20-32-30(37)28(21-24-14-8-6-9-15-24)34(22-25-16-12-13-19-27(25)31)29(36)23-35(40(38,39)33(2)3)26-17-10-7-11-18-26/h6-19,28H,4-5,20-23H2,1-3H3,(H,32,37)/t28-/m0/s1. The van der Waals surface area contributed by atoms with E-state index in [1.165, 1.54) is 25.1 Å². The summed E-state index contributed by atoms with van der Waals surface area (Å²) in [6.07, 6.45) is 1.80. The molecule has 214 valence electrons. The van der Waals surface area contributed by atoms with Crippen LogP contribution in [-0.2, 0) is 32.8 Å². The van der Waals surface area contributed by atoms with Gasteiger partial charge in [0.2, 0.25) is 11.8 Å². The maximum absolute atomic E-state index is 14.8. The summed E-state index contributed by atoms with van der Waals surface area (Å²) >= 11 is 0. The van der Waals surface area contributed by atoms with Crippen LogP contribution in [-0.4, -0.2) is 62.7 Å². The molecule has 1 atom stereocenters. The second-order valence-electron chi connectivity index (χ2n) is 9.60. The largest absolute Gasteiger partial charge is 0.354 e. The number of hydrogen-bond acceptors (Lipinski definition) is 4. The number of nitrogens with one attached hydrogen (secondary N) is 1. The number of unbranched alkanes of at least 4 members (excludes halogenated alkanes) is 1. The fourth-order valence-electron chi connectivity index (χ4n) is 4.18. The van der Waals surface area contributed by atoms with Gasteiger partial charge >= 0.3 is 10.2 Å². The number of hydrogen-bond donors (Lipinski definition) is 1. The van der Waals surface area contributed by atoms with E-state index in [9.17, 15) is 22.4 Å². The van der Waals surface area contributed by atoms with Crippen LogP contribution in [0.3, 0.4) is 0 Å². The van der Waals surface area contributed by atoms with Crippen LogP contribution in [0.15, 0.2) is 84.9 Å². The van der Waals surface area contributed by atoms with Crippen LogP contribution in [0.5, 0.6) is 0 Å². The van der Waals surface area contributed by atoms with Gasteiger partial charge in [0.15, 0.2) is 0 Å². The van der Waals surface area contributed by atoms with Gasteiger partial charge < -0.3 is 10.2 Å². The van der Waals surface area contributed by atoms with Crippen LogP contribution in [0.2, 0.25) is 0 Å². The molecule has 3 aromatic rings. The molecule has 3 rings (SSSR count). The Morgan fingerprint density at radius 1 is 0.900 bits per heavy atom. The molecule has 0 saturated heterocycles. The highest BCUT2D eigenvalue weighted by Gasteiger charge is 2.34. The minimum absolute atomic E-state index is 0.171. The van der Waals surface area contributed by atoms with E-state index in [-0.39, 0.29) is 24.4 Å². The molecule has 0 saturated carbocycles. The molecule has 0 unspecified atom stereocenters. The van der Waals surface area contributed by atoms with Crippen LogP contribution in [0, 0.1) is 5.82 Å². The first kappa shape index (κ1) is 30.8. The van der Waals surface area contributed by atoms with Crippen molar-refractivity contribution >= 4 is 27.7 Å². The van der Waals surface area contributed by atoms with Gasteiger partial charge in [-0.25, -0.2) is 8.70 Å². The van der Waals surface area contributed by atoms with Gasteiger partial charge in [0.25, 0.3) is 0 Å². The summed E-state index contributed by atoms with van der Waals surface area (Å²) in [6.45, 7) is 1.64. The predicted molar refractivity (Wildman–Crippen MR) is 155 cm³/mol. The number of benzene rings is 3. The van der Waals surface area contributed by atoms with Crippen molar-refractivity contribution in [1.82, 2.24) is 14.5 Å². The summed E-state index contributed by atoms with van der Waals surface area (Å²) in [4.78, 5) is 28.9. The lowest BCUT2D eigenvalue weighted by Gasteiger charge is -2.34. The number of amides is 2. The van der Waals surface area contributed by atoms with Crippen LogP contribution in [0.25, 0.3) is 0 Å². The number of para-hydroxylation sites is 1. The first-order valence-electron chi connectivity index (χ1n) is 13.2. The SMILES string of the molecule is CCCCNC(=O)[C@H](Cc1ccccc1)N(Cc1ccccc1F)C(=O)CN(c1ccccc1)S(=O)(=O)N(C)C. The van der Waals surface area contributed by atoms with Crippen LogP contribution in [0.4, 0.5) is 10.1 Å². The highest BCUT2D eigenvalue weighted by molar-refractivity contribution is 7.90. The van der Waals surface area contributed by atoms with E-state index in [2.05, 4.69) is 5.32 Å². The zero-order chi connectivity index (χ0) is 29.1. The van der Waals surface area contributed by atoms with Crippen LogP contribution in [0.1, 0.15) is 30.9 Å². The van der Waals surface area contributed by atoms with E-state index in [0.29, 0.717) is 12.2 Å². The molecule has 0 aliphatic carbocycles. The third kappa shape index (κ3) is 8.12. The Kier molecular flexibility index (Phi) is 11.2. The number of nitrogens with zero attached hydrogens (tertiary/aromatic N) is 3. The first-order valence-corrected chi connectivity index (χ1v) is 14.6. The Bertz CT molecular complexity index is 1350. The lowest BCUT2D eigenvalue weighted by Crippen LogP contribution is -2.54. The molecule has 0 bridgehead atoms. The minimum Gasteiger partial charge on any atom is -0.354 e. The molecule has 2 amide bonds. The average molecular weight is 569 g/mol. The molecule has 0 radical (unpaired) electrons. The first-order chi connectivity index (χ1) is 19.1. The lowest BCUT2D eigenvalue weighted by molar-refractivity contribution is -0.140. The van der Waals surface area contributed by atoms with Crippen molar-refractivity contribution < 1.29 is 22.4 Å². The van der Waals surface area contributed by atoms with E-state index >= 15 is 0 Å². The number of carbonyl (C=O) groups is 2. The minimum atomic E-state index is -4.08.